The molecule has 2 rings (SSSR count). The topological polar surface area (TPSA) is 20.2 Å². The molecule has 20 heavy (non-hydrogen) atoms. The summed E-state index contributed by atoms with van der Waals surface area (Å²) in [5.41, 5.74) is 7.31. The van der Waals surface area contributed by atoms with E-state index >= 15 is 0 Å². The second-order valence-corrected chi connectivity index (χ2v) is 5.50. The molecular formula is C18H21FO. The zero-order valence-corrected chi connectivity index (χ0v) is 12.7. The fourth-order valence-electron chi connectivity index (χ4n) is 2.78. The molecule has 1 unspecified atom stereocenters. The maximum absolute atomic E-state index is 13.4. The van der Waals surface area contributed by atoms with Crippen LogP contribution in [0.5, 0.6) is 0 Å². The van der Waals surface area contributed by atoms with Crippen LogP contribution in [0, 0.1) is 40.4 Å². The van der Waals surface area contributed by atoms with Crippen LogP contribution < -0.4 is 0 Å². The van der Waals surface area contributed by atoms with Gasteiger partial charge in [-0.3, -0.25) is 0 Å². The molecule has 2 aromatic rings. The van der Waals surface area contributed by atoms with Gasteiger partial charge >= 0.3 is 0 Å². The van der Waals surface area contributed by atoms with Gasteiger partial charge in [0, 0.05) is 0 Å². The number of hydrogen-bond donors (Lipinski definition) is 1. The molecule has 1 nitrogen and oxygen atoms in total. The zero-order chi connectivity index (χ0) is 15.0. The Bertz CT molecular complexity index is 630. The van der Waals surface area contributed by atoms with Crippen molar-refractivity contribution >= 4 is 0 Å². The highest BCUT2D eigenvalue weighted by molar-refractivity contribution is 5.52. The van der Waals surface area contributed by atoms with Crippen molar-refractivity contribution in [2.24, 2.45) is 0 Å². The average Bonchev–Trinajstić information content (AvgIpc) is 2.43. The summed E-state index contributed by atoms with van der Waals surface area (Å²) in [7, 11) is 0. The van der Waals surface area contributed by atoms with Gasteiger partial charge in [0.25, 0.3) is 0 Å². The first kappa shape index (κ1) is 14.7. The van der Waals surface area contributed by atoms with Crippen molar-refractivity contribution in [3.63, 3.8) is 0 Å². The quantitative estimate of drug-likeness (QED) is 0.856. The van der Waals surface area contributed by atoms with E-state index in [2.05, 4.69) is 20.8 Å². The number of benzene rings is 2. The van der Waals surface area contributed by atoms with E-state index < -0.39 is 6.10 Å². The van der Waals surface area contributed by atoms with Gasteiger partial charge in [-0.1, -0.05) is 12.1 Å². The van der Waals surface area contributed by atoms with Crippen LogP contribution in [-0.2, 0) is 0 Å². The Hall–Kier alpha value is -1.67. The molecule has 0 bridgehead atoms. The van der Waals surface area contributed by atoms with E-state index in [1.54, 1.807) is 12.1 Å². The highest BCUT2D eigenvalue weighted by atomic mass is 19.1. The minimum absolute atomic E-state index is 0.322. The Morgan fingerprint density at radius 3 is 1.85 bits per heavy atom. The van der Waals surface area contributed by atoms with Gasteiger partial charge in [-0.05, 0) is 85.7 Å². The van der Waals surface area contributed by atoms with Crippen LogP contribution in [0.25, 0.3) is 0 Å². The first-order valence-electron chi connectivity index (χ1n) is 6.85. The van der Waals surface area contributed by atoms with E-state index in [1.807, 2.05) is 13.8 Å². The molecular weight excluding hydrogens is 251 g/mol. The molecule has 1 atom stereocenters. The highest BCUT2D eigenvalue weighted by Gasteiger charge is 2.20. The fourth-order valence-corrected chi connectivity index (χ4v) is 2.78. The lowest BCUT2D eigenvalue weighted by molar-refractivity contribution is 0.218. The SMILES string of the molecule is Cc1c(C)c(C)c(C(O)c2cccc(F)c2)c(C)c1C. The predicted molar refractivity (Wildman–Crippen MR) is 80.6 cm³/mol. The van der Waals surface area contributed by atoms with Crippen molar-refractivity contribution in [2.75, 3.05) is 0 Å². The summed E-state index contributed by atoms with van der Waals surface area (Å²) in [6.07, 6.45) is -0.788. The predicted octanol–water partition coefficient (Wildman–Crippen LogP) is 4.45. The summed E-state index contributed by atoms with van der Waals surface area (Å²) in [6.45, 7) is 10.3. The molecule has 0 aliphatic heterocycles. The normalized spacial score (nSPS) is 12.6. The number of rotatable bonds is 2. The van der Waals surface area contributed by atoms with E-state index in [0.717, 1.165) is 16.7 Å². The van der Waals surface area contributed by atoms with Crippen LogP contribution in [0.4, 0.5) is 4.39 Å². The van der Waals surface area contributed by atoms with E-state index in [-0.39, 0.29) is 5.82 Å². The lowest BCUT2D eigenvalue weighted by Gasteiger charge is -2.22. The molecule has 0 aromatic heterocycles. The molecule has 0 aliphatic rings. The second-order valence-electron chi connectivity index (χ2n) is 5.50. The Morgan fingerprint density at radius 1 is 0.850 bits per heavy atom. The van der Waals surface area contributed by atoms with Crippen LogP contribution in [0.2, 0.25) is 0 Å². The van der Waals surface area contributed by atoms with Gasteiger partial charge in [-0.2, -0.15) is 0 Å². The Labute approximate surface area is 120 Å². The molecule has 0 saturated heterocycles. The van der Waals surface area contributed by atoms with Gasteiger partial charge in [0.1, 0.15) is 11.9 Å². The molecule has 1 N–H and O–H groups in total. The van der Waals surface area contributed by atoms with Crippen LogP contribution in [0.1, 0.15) is 45.0 Å². The first-order valence-corrected chi connectivity index (χ1v) is 6.85. The maximum Gasteiger partial charge on any atom is 0.123 e. The van der Waals surface area contributed by atoms with Crippen molar-refractivity contribution in [2.45, 2.75) is 40.7 Å². The first-order chi connectivity index (χ1) is 9.34. The van der Waals surface area contributed by atoms with Crippen LogP contribution in [0.3, 0.4) is 0 Å². The van der Waals surface area contributed by atoms with Crippen molar-refractivity contribution in [3.8, 4) is 0 Å². The van der Waals surface area contributed by atoms with Crippen LogP contribution in [-0.4, -0.2) is 5.11 Å². The monoisotopic (exact) mass is 272 g/mol. The van der Waals surface area contributed by atoms with Crippen molar-refractivity contribution in [3.05, 3.63) is 69.0 Å². The van der Waals surface area contributed by atoms with Gasteiger partial charge in [0.15, 0.2) is 0 Å². The van der Waals surface area contributed by atoms with Gasteiger partial charge in [0.05, 0.1) is 0 Å². The Balaban J connectivity index is 2.64. The third kappa shape index (κ3) is 2.36. The van der Waals surface area contributed by atoms with Gasteiger partial charge in [0.2, 0.25) is 0 Å². The summed E-state index contributed by atoms with van der Waals surface area (Å²) < 4.78 is 13.4. The largest absolute Gasteiger partial charge is 0.384 e. The molecule has 0 spiro atoms. The third-order valence-corrected chi connectivity index (χ3v) is 4.50. The lowest BCUT2D eigenvalue weighted by atomic mass is 9.85. The lowest BCUT2D eigenvalue weighted by Crippen LogP contribution is -2.09. The molecule has 0 aliphatic carbocycles. The number of hydrogen-bond acceptors (Lipinski definition) is 1. The summed E-state index contributed by atoms with van der Waals surface area (Å²) >= 11 is 0. The molecule has 0 radical (unpaired) electrons. The molecule has 0 amide bonds. The summed E-state index contributed by atoms with van der Waals surface area (Å²) in [4.78, 5) is 0. The van der Waals surface area contributed by atoms with E-state index in [9.17, 15) is 9.50 Å². The highest BCUT2D eigenvalue weighted by Crippen LogP contribution is 2.33. The molecule has 2 aromatic carbocycles. The standard InChI is InChI=1S/C18H21FO/c1-10-11(2)13(4)17(14(5)12(10)3)18(20)15-7-6-8-16(19)9-15/h6-9,18,20H,1-5H3. The van der Waals surface area contributed by atoms with Gasteiger partial charge in [-0.25, -0.2) is 4.39 Å². The van der Waals surface area contributed by atoms with Crippen molar-refractivity contribution in [1.29, 1.82) is 0 Å². The Kier molecular flexibility index (Phi) is 3.96. The smallest absolute Gasteiger partial charge is 0.123 e. The summed E-state index contributed by atoms with van der Waals surface area (Å²) in [5.74, 6) is -0.322. The minimum Gasteiger partial charge on any atom is -0.384 e. The molecule has 0 saturated carbocycles. The van der Waals surface area contributed by atoms with E-state index in [0.29, 0.717) is 5.56 Å². The summed E-state index contributed by atoms with van der Waals surface area (Å²) in [6, 6.07) is 6.18. The molecule has 0 fully saturated rings. The number of aliphatic hydroxyl groups is 1. The van der Waals surface area contributed by atoms with E-state index in [1.165, 1.54) is 28.8 Å². The van der Waals surface area contributed by atoms with Gasteiger partial charge in [-0.15, -0.1) is 0 Å². The minimum atomic E-state index is -0.788. The number of aliphatic hydroxyl groups excluding tert-OH is 1. The van der Waals surface area contributed by atoms with Gasteiger partial charge < -0.3 is 5.11 Å². The number of halogens is 1. The molecule has 2 heteroatoms. The maximum atomic E-state index is 13.4. The Morgan fingerprint density at radius 2 is 1.35 bits per heavy atom. The van der Waals surface area contributed by atoms with Crippen LogP contribution >= 0.6 is 0 Å². The molecule has 0 heterocycles. The van der Waals surface area contributed by atoms with Crippen molar-refractivity contribution in [1.82, 2.24) is 0 Å². The summed E-state index contributed by atoms with van der Waals surface area (Å²) in [5, 5.41) is 10.7. The van der Waals surface area contributed by atoms with E-state index in [4.69, 9.17) is 0 Å². The molecule has 106 valence electrons. The van der Waals surface area contributed by atoms with Crippen molar-refractivity contribution < 1.29 is 9.50 Å². The third-order valence-electron chi connectivity index (χ3n) is 4.50. The second kappa shape index (κ2) is 5.37. The average molecular weight is 272 g/mol. The zero-order valence-electron chi connectivity index (χ0n) is 12.7. The van der Waals surface area contributed by atoms with Crippen LogP contribution in [0.15, 0.2) is 24.3 Å². The fraction of sp³-hybridized carbons (Fsp3) is 0.333.